The maximum Gasteiger partial charge on any atom is 0.0370 e. The Morgan fingerprint density at radius 1 is 1.21 bits per heavy atom. The molecule has 0 fully saturated rings. The molecule has 0 bridgehead atoms. The van der Waals surface area contributed by atoms with Gasteiger partial charge in [-0.3, -0.25) is 0 Å². The van der Waals surface area contributed by atoms with Crippen molar-refractivity contribution < 1.29 is 5.48 Å². The zero-order chi connectivity index (χ0) is 9.84. The van der Waals surface area contributed by atoms with Crippen molar-refractivity contribution >= 4 is 11.4 Å². The minimum absolute atomic E-state index is 0. The molecule has 4 N–H and O–H groups in total. The Bertz CT molecular complexity index is 283. The van der Waals surface area contributed by atoms with E-state index in [2.05, 4.69) is 30.9 Å². The first-order valence-electron chi connectivity index (χ1n) is 4.80. The van der Waals surface area contributed by atoms with Crippen molar-refractivity contribution in [2.45, 2.75) is 20.8 Å². The Morgan fingerprint density at radius 3 is 2.21 bits per heavy atom. The Kier molecular flexibility index (Phi) is 5.02. The molecular weight excluding hydrogens is 176 g/mol. The first-order valence-corrected chi connectivity index (χ1v) is 4.80. The van der Waals surface area contributed by atoms with E-state index in [-0.39, 0.29) is 5.48 Å². The molecule has 1 aromatic rings. The average Bonchev–Trinajstić information content (AvgIpc) is 2.13. The van der Waals surface area contributed by atoms with Gasteiger partial charge in [0.25, 0.3) is 0 Å². The van der Waals surface area contributed by atoms with Gasteiger partial charge < -0.3 is 16.1 Å². The van der Waals surface area contributed by atoms with Gasteiger partial charge in [0.1, 0.15) is 0 Å². The van der Waals surface area contributed by atoms with Crippen molar-refractivity contribution in [3.63, 3.8) is 0 Å². The number of nitrogen functional groups attached to an aromatic ring is 1. The summed E-state index contributed by atoms with van der Waals surface area (Å²) in [6, 6.07) is 6.20. The van der Waals surface area contributed by atoms with Crippen LogP contribution in [-0.2, 0) is 0 Å². The summed E-state index contributed by atoms with van der Waals surface area (Å²) in [6.45, 7) is 8.45. The fraction of sp³-hybridized carbons (Fsp3) is 0.455. The van der Waals surface area contributed by atoms with Crippen molar-refractivity contribution in [1.82, 2.24) is 0 Å². The van der Waals surface area contributed by atoms with Crippen LogP contribution in [0, 0.1) is 6.92 Å². The van der Waals surface area contributed by atoms with Crippen LogP contribution in [0.25, 0.3) is 0 Å². The summed E-state index contributed by atoms with van der Waals surface area (Å²) >= 11 is 0. The fourth-order valence-corrected chi connectivity index (χ4v) is 1.45. The van der Waals surface area contributed by atoms with Gasteiger partial charge in [0.05, 0.1) is 0 Å². The number of aryl methyl sites for hydroxylation is 1. The van der Waals surface area contributed by atoms with Gasteiger partial charge in [-0.1, -0.05) is 0 Å². The van der Waals surface area contributed by atoms with Crippen LogP contribution >= 0.6 is 0 Å². The van der Waals surface area contributed by atoms with Crippen LogP contribution < -0.4 is 10.6 Å². The van der Waals surface area contributed by atoms with Crippen molar-refractivity contribution in [2.24, 2.45) is 0 Å². The van der Waals surface area contributed by atoms with E-state index in [4.69, 9.17) is 5.73 Å². The molecule has 0 saturated heterocycles. The molecule has 0 radical (unpaired) electrons. The predicted octanol–water partition coefficient (Wildman–Crippen LogP) is 1.60. The van der Waals surface area contributed by atoms with Crippen molar-refractivity contribution in [3.05, 3.63) is 23.8 Å². The summed E-state index contributed by atoms with van der Waals surface area (Å²) < 4.78 is 0. The molecule has 0 aliphatic rings. The second-order valence-corrected chi connectivity index (χ2v) is 3.21. The summed E-state index contributed by atoms with van der Waals surface area (Å²) in [5, 5.41) is 0. The van der Waals surface area contributed by atoms with E-state index in [1.165, 1.54) is 5.69 Å². The zero-order valence-corrected chi connectivity index (χ0v) is 9.17. The highest BCUT2D eigenvalue weighted by Crippen LogP contribution is 2.19. The van der Waals surface area contributed by atoms with Crippen LogP contribution in [0.4, 0.5) is 11.4 Å². The smallest absolute Gasteiger partial charge is 0.0370 e. The Balaban J connectivity index is 0.00000169. The Hall–Kier alpha value is -1.22. The first kappa shape index (κ1) is 12.8. The summed E-state index contributed by atoms with van der Waals surface area (Å²) in [7, 11) is 0. The molecule has 3 heteroatoms. The van der Waals surface area contributed by atoms with E-state index < -0.39 is 0 Å². The predicted molar refractivity (Wildman–Crippen MR) is 62.8 cm³/mol. The third-order valence-electron chi connectivity index (χ3n) is 2.38. The maximum atomic E-state index is 5.75. The number of hydrogen-bond donors (Lipinski definition) is 1. The van der Waals surface area contributed by atoms with Crippen LogP contribution in [0.5, 0.6) is 0 Å². The fourth-order valence-electron chi connectivity index (χ4n) is 1.45. The molecule has 0 aliphatic heterocycles. The molecule has 3 nitrogen and oxygen atoms in total. The molecule has 14 heavy (non-hydrogen) atoms. The van der Waals surface area contributed by atoms with E-state index in [1.807, 2.05) is 13.0 Å². The molecular formula is C11H20N2O. The lowest BCUT2D eigenvalue weighted by atomic mass is 10.1. The van der Waals surface area contributed by atoms with Crippen LogP contribution in [-0.4, -0.2) is 18.6 Å². The van der Waals surface area contributed by atoms with Gasteiger partial charge in [0.2, 0.25) is 0 Å². The molecule has 1 rings (SSSR count). The van der Waals surface area contributed by atoms with E-state index in [1.54, 1.807) is 0 Å². The number of anilines is 2. The van der Waals surface area contributed by atoms with Crippen LogP contribution in [0.3, 0.4) is 0 Å². The lowest BCUT2D eigenvalue weighted by Crippen LogP contribution is -2.21. The van der Waals surface area contributed by atoms with E-state index in [0.717, 1.165) is 24.3 Å². The lowest BCUT2D eigenvalue weighted by molar-refractivity contribution is 0.824. The van der Waals surface area contributed by atoms with Gasteiger partial charge in [-0.05, 0) is 44.5 Å². The second kappa shape index (κ2) is 5.50. The van der Waals surface area contributed by atoms with Crippen molar-refractivity contribution in [1.29, 1.82) is 0 Å². The van der Waals surface area contributed by atoms with Crippen molar-refractivity contribution in [3.8, 4) is 0 Å². The van der Waals surface area contributed by atoms with Crippen LogP contribution in [0.1, 0.15) is 19.4 Å². The number of hydrogen-bond acceptors (Lipinski definition) is 2. The van der Waals surface area contributed by atoms with E-state index in [0.29, 0.717) is 0 Å². The number of benzene rings is 1. The average molecular weight is 196 g/mol. The molecule has 0 aromatic heterocycles. The maximum absolute atomic E-state index is 5.75. The normalized spacial score (nSPS) is 9.36. The van der Waals surface area contributed by atoms with Gasteiger partial charge in [-0.15, -0.1) is 0 Å². The molecule has 0 spiro atoms. The minimum atomic E-state index is 0. The first-order chi connectivity index (χ1) is 6.19. The van der Waals surface area contributed by atoms with Crippen molar-refractivity contribution in [2.75, 3.05) is 23.7 Å². The number of rotatable bonds is 3. The van der Waals surface area contributed by atoms with E-state index >= 15 is 0 Å². The summed E-state index contributed by atoms with van der Waals surface area (Å²) in [5.74, 6) is 0. The molecule has 0 saturated carbocycles. The number of nitrogens with zero attached hydrogens (tertiary/aromatic N) is 1. The van der Waals surface area contributed by atoms with Gasteiger partial charge in [0.15, 0.2) is 0 Å². The molecule has 0 atom stereocenters. The number of nitrogens with two attached hydrogens (primary N) is 1. The molecule has 0 unspecified atom stereocenters. The molecule has 1 aromatic carbocycles. The van der Waals surface area contributed by atoms with Crippen LogP contribution in [0.2, 0.25) is 0 Å². The minimum Gasteiger partial charge on any atom is -0.412 e. The SMILES string of the molecule is CCN(CC)c1ccc(N)c(C)c1.O. The third-order valence-corrected chi connectivity index (χ3v) is 2.38. The van der Waals surface area contributed by atoms with Gasteiger partial charge in [0, 0.05) is 24.5 Å². The Labute approximate surface area is 85.8 Å². The standard InChI is InChI=1S/C11H18N2.H2O/c1-4-13(5-2)10-6-7-11(12)9(3)8-10;/h6-8H,4-5,12H2,1-3H3;1H2. The summed E-state index contributed by atoms with van der Waals surface area (Å²) in [6.07, 6.45) is 0. The third kappa shape index (κ3) is 2.64. The monoisotopic (exact) mass is 196 g/mol. The highest BCUT2D eigenvalue weighted by atomic mass is 16.0. The Morgan fingerprint density at radius 2 is 1.79 bits per heavy atom. The second-order valence-electron chi connectivity index (χ2n) is 3.21. The molecule has 0 amide bonds. The highest BCUT2D eigenvalue weighted by Gasteiger charge is 2.02. The summed E-state index contributed by atoms with van der Waals surface area (Å²) in [4.78, 5) is 2.31. The van der Waals surface area contributed by atoms with Crippen LogP contribution in [0.15, 0.2) is 18.2 Å². The van der Waals surface area contributed by atoms with Gasteiger partial charge in [-0.25, -0.2) is 0 Å². The quantitative estimate of drug-likeness (QED) is 0.746. The summed E-state index contributed by atoms with van der Waals surface area (Å²) in [5.41, 5.74) is 9.04. The molecule has 80 valence electrons. The topological polar surface area (TPSA) is 60.8 Å². The highest BCUT2D eigenvalue weighted by molar-refractivity contribution is 5.57. The largest absolute Gasteiger partial charge is 0.412 e. The zero-order valence-electron chi connectivity index (χ0n) is 9.17. The molecule has 0 heterocycles. The molecule has 0 aliphatic carbocycles. The lowest BCUT2D eigenvalue weighted by Gasteiger charge is -2.21. The van der Waals surface area contributed by atoms with Gasteiger partial charge in [-0.2, -0.15) is 0 Å². The van der Waals surface area contributed by atoms with E-state index in [9.17, 15) is 0 Å². The van der Waals surface area contributed by atoms with Gasteiger partial charge >= 0.3 is 0 Å².